The minimum Gasteiger partial charge on any atom is -0.466 e. The number of aryl methyl sites for hydroxylation is 1. The first-order chi connectivity index (χ1) is 8.19. The quantitative estimate of drug-likeness (QED) is 0.786. The SMILES string of the molecule is CCOC(=O)CCc1nc2ccc(Cl)cc2o1. The fourth-order valence-electron chi connectivity index (χ4n) is 1.50. The molecule has 2 aromatic rings. The van der Waals surface area contributed by atoms with Crippen LogP contribution in [0.25, 0.3) is 11.1 Å². The maximum atomic E-state index is 11.2. The lowest BCUT2D eigenvalue weighted by Gasteiger charge is -1.98. The van der Waals surface area contributed by atoms with Crippen LogP contribution in [0.3, 0.4) is 0 Å². The van der Waals surface area contributed by atoms with Crippen LogP contribution in [0.4, 0.5) is 0 Å². The molecule has 4 nitrogen and oxygen atoms in total. The number of carbonyl (C=O) groups is 1. The van der Waals surface area contributed by atoms with Crippen LogP contribution < -0.4 is 0 Å². The Hall–Kier alpha value is -1.55. The van der Waals surface area contributed by atoms with Gasteiger partial charge in [0.05, 0.1) is 13.0 Å². The fourth-order valence-corrected chi connectivity index (χ4v) is 1.66. The van der Waals surface area contributed by atoms with Crippen LogP contribution >= 0.6 is 11.6 Å². The number of aromatic nitrogens is 1. The van der Waals surface area contributed by atoms with Crippen LogP contribution in [0.2, 0.25) is 5.02 Å². The van der Waals surface area contributed by atoms with Gasteiger partial charge in [0.25, 0.3) is 0 Å². The van der Waals surface area contributed by atoms with Gasteiger partial charge < -0.3 is 9.15 Å². The molecule has 0 radical (unpaired) electrons. The molecule has 0 aliphatic carbocycles. The molecule has 0 N–H and O–H groups in total. The number of fused-ring (bicyclic) bond motifs is 1. The van der Waals surface area contributed by atoms with Gasteiger partial charge in [-0.15, -0.1) is 0 Å². The van der Waals surface area contributed by atoms with Gasteiger partial charge in [-0.25, -0.2) is 4.98 Å². The van der Waals surface area contributed by atoms with E-state index in [4.69, 9.17) is 20.8 Å². The van der Waals surface area contributed by atoms with Gasteiger partial charge in [0.15, 0.2) is 11.5 Å². The Morgan fingerprint density at radius 2 is 2.35 bits per heavy atom. The van der Waals surface area contributed by atoms with Crippen LogP contribution in [0.1, 0.15) is 19.2 Å². The zero-order valence-electron chi connectivity index (χ0n) is 9.40. The van der Waals surface area contributed by atoms with Crippen molar-refractivity contribution in [2.75, 3.05) is 6.61 Å². The predicted octanol–water partition coefficient (Wildman–Crippen LogP) is 2.98. The lowest BCUT2D eigenvalue weighted by atomic mass is 10.3. The zero-order chi connectivity index (χ0) is 12.3. The van der Waals surface area contributed by atoms with Crippen LogP contribution in [-0.2, 0) is 16.0 Å². The van der Waals surface area contributed by atoms with Gasteiger partial charge >= 0.3 is 5.97 Å². The third-order valence-electron chi connectivity index (χ3n) is 2.24. The van der Waals surface area contributed by atoms with Gasteiger partial charge in [0.1, 0.15) is 5.52 Å². The Labute approximate surface area is 104 Å². The van der Waals surface area contributed by atoms with Crippen molar-refractivity contribution < 1.29 is 13.9 Å². The van der Waals surface area contributed by atoms with E-state index in [2.05, 4.69) is 4.98 Å². The number of nitrogens with zero attached hydrogens (tertiary/aromatic N) is 1. The van der Waals surface area contributed by atoms with Gasteiger partial charge in [-0.2, -0.15) is 0 Å². The molecule has 90 valence electrons. The van der Waals surface area contributed by atoms with Crippen molar-refractivity contribution in [1.82, 2.24) is 4.98 Å². The molecule has 0 aliphatic rings. The fraction of sp³-hybridized carbons (Fsp3) is 0.333. The number of oxazole rings is 1. The summed E-state index contributed by atoms with van der Waals surface area (Å²) in [5, 5.41) is 0.602. The first kappa shape index (κ1) is 11.9. The molecule has 17 heavy (non-hydrogen) atoms. The summed E-state index contributed by atoms with van der Waals surface area (Å²) in [4.78, 5) is 15.4. The Balaban J connectivity index is 2.07. The second-order valence-electron chi connectivity index (χ2n) is 3.52. The van der Waals surface area contributed by atoms with Gasteiger partial charge in [-0.05, 0) is 19.1 Å². The minimum absolute atomic E-state index is 0.243. The predicted molar refractivity (Wildman–Crippen MR) is 64.0 cm³/mol. The molecule has 0 bridgehead atoms. The average Bonchev–Trinajstić information content (AvgIpc) is 2.68. The van der Waals surface area contributed by atoms with Gasteiger partial charge in [0.2, 0.25) is 0 Å². The first-order valence-corrected chi connectivity index (χ1v) is 5.77. The van der Waals surface area contributed by atoms with Gasteiger partial charge in [-0.1, -0.05) is 11.6 Å². The molecule has 1 heterocycles. The van der Waals surface area contributed by atoms with E-state index in [-0.39, 0.29) is 12.4 Å². The number of hydrogen-bond donors (Lipinski definition) is 0. The normalized spacial score (nSPS) is 10.7. The molecule has 0 amide bonds. The summed E-state index contributed by atoms with van der Waals surface area (Å²) >= 11 is 5.83. The molecule has 0 spiro atoms. The Kier molecular flexibility index (Phi) is 3.64. The molecule has 2 rings (SSSR count). The van der Waals surface area contributed by atoms with Crippen molar-refractivity contribution >= 4 is 28.7 Å². The second-order valence-corrected chi connectivity index (χ2v) is 3.96. The van der Waals surface area contributed by atoms with Gasteiger partial charge in [-0.3, -0.25) is 4.79 Å². The highest BCUT2D eigenvalue weighted by Gasteiger charge is 2.09. The first-order valence-electron chi connectivity index (χ1n) is 5.39. The minimum atomic E-state index is -0.243. The summed E-state index contributed by atoms with van der Waals surface area (Å²) in [5.74, 6) is 0.281. The second kappa shape index (κ2) is 5.19. The molecule has 0 saturated heterocycles. The van der Waals surface area contributed by atoms with Crippen molar-refractivity contribution in [2.24, 2.45) is 0 Å². The van der Waals surface area contributed by atoms with E-state index in [0.717, 1.165) is 5.52 Å². The number of rotatable bonds is 4. The van der Waals surface area contributed by atoms with Crippen molar-refractivity contribution in [1.29, 1.82) is 0 Å². The van der Waals surface area contributed by atoms with Crippen LogP contribution in [0.15, 0.2) is 22.6 Å². The van der Waals surface area contributed by atoms with Crippen LogP contribution in [0.5, 0.6) is 0 Å². The van der Waals surface area contributed by atoms with Crippen molar-refractivity contribution in [2.45, 2.75) is 19.8 Å². The summed E-state index contributed by atoms with van der Waals surface area (Å²) in [6, 6.07) is 5.24. The van der Waals surface area contributed by atoms with Crippen LogP contribution in [0, 0.1) is 0 Å². The molecule has 1 aromatic carbocycles. The average molecular weight is 254 g/mol. The number of benzene rings is 1. The standard InChI is InChI=1S/C12H12ClNO3/c1-2-16-12(15)6-5-11-14-9-4-3-8(13)7-10(9)17-11/h3-4,7H,2,5-6H2,1H3. The highest BCUT2D eigenvalue weighted by atomic mass is 35.5. The number of ether oxygens (including phenoxy) is 1. The lowest BCUT2D eigenvalue weighted by Crippen LogP contribution is -2.05. The van der Waals surface area contributed by atoms with E-state index in [1.165, 1.54) is 0 Å². The third kappa shape index (κ3) is 2.97. The van der Waals surface area contributed by atoms with E-state index in [1.807, 2.05) is 0 Å². The van der Waals surface area contributed by atoms with Gasteiger partial charge in [0, 0.05) is 17.5 Å². The molecule has 0 unspecified atom stereocenters. The highest BCUT2D eigenvalue weighted by molar-refractivity contribution is 6.31. The highest BCUT2D eigenvalue weighted by Crippen LogP contribution is 2.20. The summed E-state index contributed by atoms with van der Waals surface area (Å²) in [6.45, 7) is 2.17. The van der Waals surface area contributed by atoms with E-state index in [9.17, 15) is 4.79 Å². The maximum Gasteiger partial charge on any atom is 0.306 e. The summed E-state index contributed by atoms with van der Waals surface area (Å²) in [7, 11) is 0. The van der Waals surface area contributed by atoms with E-state index < -0.39 is 0 Å². The van der Waals surface area contributed by atoms with E-state index in [0.29, 0.717) is 29.5 Å². The molecule has 0 saturated carbocycles. The van der Waals surface area contributed by atoms with Crippen molar-refractivity contribution in [3.8, 4) is 0 Å². The number of carbonyl (C=O) groups excluding carboxylic acids is 1. The Morgan fingerprint density at radius 1 is 1.53 bits per heavy atom. The summed E-state index contributed by atoms with van der Waals surface area (Å²) in [6.07, 6.45) is 0.708. The molecular formula is C12H12ClNO3. The monoisotopic (exact) mass is 253 g/mol. The summed E-state index contributed by atoms with van der Waals surface area (Å²) in [5.41, 5.74) is 1.38. The number of halogens is 1. The molecule has 0 aliphatic heterocycles. The molecule has 0 fully saturated rings. The molecule has 5 heteroatoms. The largest absolute Gasteiger partial charge is 0.466 e. The Morgan fingerprint density at radius 3 is 3.12 bits per heavy atom. The maximum absolute atomic E-state index is 11.2. The number of esters is 1. The zero-order valence-corrected chi connectivity index (χ0v) is 10.2. The van der Waals surface area contributed by atoms with Crippen molar-refractivity contribution in [3.63, 3.8) is 0 Å². The third-order valence-corrected chi connectivity index (χ3v) is 2.48. The lowest BCUT2D eigenvalue weighted by molar-refractivity contribution is -0.143. The van der Waals surface area contributed by atoms with E-state index in [1.54, 1.807) is 25.1 Å². The van der Waals surface area contributed by atoms with Crippen molar-refractivity contribution in [3.05, 3.63) is 29.1 Å². The van der Waals surface area contributed by atoms with Crippen LogP contribution in [-0.4, -0.2) is 17.6 Å². The molecule has 1 aromatic heterocycles. The molecular weight excluding hydrogens is 242 g/mol. The Bertz CT molecular complexity index is 536. The topological polar surface area (TPSA) is 52.3 Å². The van der Waals surface area contributed by atoms with E-state index >= 15 is 0 Å². The molecule has 0 atom stereocenters. The summed E-state index contributed by atoms with van der Waals surface area (Å²) < 4.78 is 10.3. The smallest absolute Gasteiger partial charge is 0.306 e. The number of hydrogen-bond acceptors (Lipinski definition) is 4.